The van der Waals surface area contributed by atoms with Crippen molar-refractivity contribution in [1.82, 2.24) is 19.8 Å². The molecule has 2 atom stereocenters. The number of nitrogens with one attached hydrogen (secondary N) is 2. The molecule has 2 aliphatic heterocycles. The molecule has 0 aliphatic carbocycles. The van der Waals surface area contributed by atoms with Crippen molar-refractivity contribution in [2.24, 2.45) is 0 Å². The average Bonchev–Trinajstić information content (AvgIpc) is 3.49. The Morgan fingerprint density at radius 1 is 1.23 bits per heavy atom. The fourth-order valence-corrected chi connectivity index (χ4v) is 4.30. The van der Waals surface area contributed by atoms with Crippen molar-refractivity contribution in [3.05, 3.63) is 53.2 Å². The number of nitrogens with zero attached hydrogens (tertiary/aromatic N) is 4. The number of anilines is 2. The molecule has 2 fully saturated rings. The van der Waals surface area contributed by atoms with Crippen LogP contribution in [-0.4, -0.2) is 83.6 Å². The number of hydrogen-bond acceptors (Lipinski definition) is 7. The number of carbonyl (C=O) groups excluding carboxylic acids is 2. The lowest BCUT2D eigenvalue weighted by Crippen LogP contribution is -2.31. The highest BCUT2D eigenvalue weighted by Crippen LogP contribution is 2.23. The molecular weight excluding hydrogens is 475 g/mol. The van der Waals surface area contributed by atoms with E-state index in [1.165, 1.54) is 19.4 Å². The van der Waals surface area contributed by atoms with E-state index in [9.17, 15) is 14.0 Å². The first-order valence-corrected chi connectivity index (χ1v) is 11.9. The normalized spacial score (nSPS) is 20.4. The van der Waals surface area contributed by atoms with Gasteiger partial charge in [0.2, 0.25) is 17.7 Å². The Hall–Kier alpha value is -3.24. The van der Waals surface area contributed by atoms with Gasteiger partial charge in [0.25, 0.3) is 5.91 Å². The fraction of sp³-hybridized carbons (Fsp3) is 0.417. The second-order valence-corrected chi connectivity index (χ2v) is 8.95. The van der Waals surface area contributed by atoms with Gasteiger partial charge in [-0.05, 0) is 37.1 Å². The quantitative estimate of drug-likeness (QED) is 0.535. The molecule has 0 unspecified atom stereocenters. The lowest BCUT2D eigenvalue weighted by molar-refractivity contribution is -0.111. The Morgan fingerprint density at radius 2 is 2.03 bits per heavy atom. The first-order chi connectivity index (χ1) is 16.9. The van der Waals surface area contributed by atoms with Gasteiger partial charge in [0, 0.05) is 56.1 Å². The van der Waals surface area contributed by atoms with E-state index in [1.807, 2.05) is 4.90 Å². The smallest absolute Gasteiger partial charge is 0.253 e. The summed E-state index contributed by atoms with van der Waals surface area (Å²) < 4.78 is 18.3. The number of methoxy groups -OCH3 is 1. The summed E-state index contributed by atoms with van der Waals surface area (Å²) in [6.07, 6.45) is 5.17. The Balaban J connectivity index is 1.25. The lowest BCUT2D eigenvalue weighted by Gasteiger charge is -2.17. The molecule has 186 valence electrons. The van der Waals surface area contributed by atoms with Crippen molar-refractivity contribution >= 4 is 35.1 Å². The molecule has 1 aromatic heterocycles. The lowest BCUT2D eigenvalue weighted by atomic mass is 10.2. The van der Waals surface area contributed by atoms with Gasteiger partial charge in [0.1, 0.15) is 11.2 Å². The maximum absolute atomic E-state index is 13.2. The van der Waals surface area contributed by atoms with Crippen LogP contribution in [0.4, 0.5) is 16.0 Å². The van der Waals surface area contributed by atoms with Crippen LogP contribution in [0.1, 0.15) is 23.2 Å². The standard InChI is InChI=1S/C24H28ClFN6O3/c1-35-22-20(25)13-27-24(30-22)29-19-9-12-32(15-19)23(34)16-4-6-18(7-5-16)28-21(33)3-2-10-31-11-8-17(26)14-31/h2-7,13,17,19H,8-12,14-15H2,1H3,(H,28,33)(H,27,29,30)/b3-2+/t17-,19+/m0/s1. The topological polar surface area (TPSA) is 99.7 Å². The summed E-state index contributed by atoms with van der Waals surface area (Å²) >= 11 is 5.97. The molecule has 11 heteroatoms. The Morgan fingerprint density at radius 3 is 2.74 bits per heavy atom. The largest absolute Gasteiger partial charge is 0.480 e. The Kier molecular flexibility index (Phi) is 8.14. The Labute approximate surface area is 208 Å². The number of aromatic nitrogens is 2. The van der Waals surface area contributed by atoms with E-state index in [1.54, 1.807) is 35.2 Å². The highest BCUT2D eigenvalue weighted by Gasteiger charge is 2.27. The van der Waals surface area contributed by atoms with E-state index in [-0.39, 0.29) is 17.9 Å². The highest BCUT2D eigenvalue weighted by molar-refractivity contribution is 6.31. The summed E-state index contributed by atoms with van der Waals surface area (Å²) in [5, 5.41) is 6.32. The minimum atomic E-state index is -0.775. The maximum Gasteiger partial charge on any atom is 0.253 e. The number of ether oxygens (including phenoxy) is 1. The van der Waals surface area contributed by atoms with Gasteiger partial charge in [-0.2, -0.15) is 4.98 Å². The highest BCUT2D eigenvalue weighted by atomic mass is 35.5. The third kappa shape index (κ3) is 6.67. The van der Waals surface area contributed by atoms with E-state index in [2.05, 4.69) is 20.6 Å². The number of amides is 2. The fourth-order valence-electron chi connectivity index (χ4n) is 4.13. The molecular formula is C24H28ClFN6O3. The van der Waals surface area contributed by atoms with Crippen molar-refractivity contribution in [3.63, 3.8) is 0 Å². The van der Waals surface area contributed by atoms with E-state index in [0.717, 1.165) is 6.42 Å². The average molecular weight is 503 g/mol. The molecule has 3 heterocycles. The molecule has 2 amide bonds. The number of benzene rings is 1. The van der Waals surface area contributed by atoms with Crippen molar-refractivity contribution in [2.75, 3.05) is 50.5 Å². The van der Waals surface area contributed by atoms with E-state index in [0.29, 0.717) is 67.2 Å². The van der Waals surface area contributed by atoms with E-state index in [4.69, 9.17) is 16.3 Å². The molecule has 2 aromatic rings. The number of hydrogen-bond donors (Lipinski definition) is 2. The molecule has 2 aliphatic rings. The van der Waals surface area contributed by atoms with Crippen LogP contribution in [-0.2, 0) is 4.79 Å². The molecule has 9 nitrogen and oxygen atoms in total. The first kappa shape index (κ1) is 24.9. The van der Waals surface area contributed by atoms with E-state index < -0.39 is 6.17 Å². The number of rotatable bonds is 8. The van der Waals surface area contributed by atoms with Crippen LogP contribution in [0.5, 0.6) is 5.88 Å². The molecule has 0 radical (unpaired) electrons. The number of halogens is 2. The van der Waals surface area contributed by atoms with Crippen LogP contribution in [0.2, 0.25) is 5.02 Å². The molecule has 0 bridgehead atoms. The zero-order valence-corrected chi connectivity index (χ0v) is 20.2. The zero-order chi connectivity index (χ0) is 24.8. The molecule has 2 N–H and O–H groups in total. The summed E-state index contributed by atoms with van der Waals surface area (Å²) in [4.78, 5) is 37.1. The molecule has 4 rings (SSSR count). The van der Waals surface area contributed by atoms with Gasteiger partial charge in [0.15, 0.2) is 0 Å². The van der Waals surface area contributed by atoms with Gasteiger partial charge in [-0.3, -0.25) is 14.5 Å². The first-order valence-electron chi connectivity index (χ1n) is 11.5. The van der Waals surface area contributed by atoms with Crippen molar-refractivity contribution in [2.45, 2.75) is 25.1 Å². The molecule has 0 spiro atoms. The molecule has 1 aromatic carbocycles. The summed E-state index contributed by atoms with van der Waals surface area (Å²) in [6.45, 7) is 2.78. The monoisotopic (exact) mass is 502 g/mol. The van der Waals surface area contributed by atoms with Gasteiger partial charge < -0.3 is 20.3 Å². The second-order valence-electron chi connectivity index (χ2n) is 8.55. The van der Waals surface area contributed by atoms with Crippen molar-refractivity contribution in [1.29, 1.82) is 0 Å². The SMILES string of the molecule is COc1nc(N[C@@H]2CCN(C(=O)c3ccc(NC(=O)/C=C/CN4CC[C@H](F)C4)cc3)C2)ncc1Cl. The number of alkyl halides is 1. The van der Waals surface area contributed by atoms with Crippen molar-refractivity contribution < 1.29 is 18.7 Å². The number of carbonyl (C=O) groups is 2. The van der Waals surface area contributed by atoms with Crippen LogP contribution in [0.25, 0.3) is 0 Å². The minimum Gasteiger partial charge on any atom is -0.480 e. The Bertz CT molecular complexity index is 1080. The van der Waals surface area contributed by atoms with Gasteiger partial charge >= 0.3 is 0 Å². The number of likely N-dealkylation sites (tertiary alicyclic amines) is 2. The van der Waals surface area contributed by atoms with Crippen LogP contribution in [0, 0.1) is 0 Å². The van der Waals surface area contributed by atoms with Gasteiger partial charge in [-0.1, -0.05) is 17.7 Å². The second kappa shape index (κ2) is 11.5. The van der Waals surface area contributed by atoms with Crippen LogP contribution < -0.4 is 15.4 Å². The van der Waals surface area contributed by atoms with Gasteiger partial charge in [-0.15, -0.1) is 0 Å². The van der Waals surface area contributed by atoms with Crippen LogP contribution in [0.15, 0.2) is 42.6 Å². The van der Waals surface area contributed by atoms with Gasteiger partial charge in [0.05, 0.1) is 13.3 Å². The third-order valence-electron chi connectivity index (χ3n) is 5.96. The predicted octanol–water partition coefficient (Wildman–Crippen LogP) is 3.00. The summed E-state index contributed by atoms with van der Waals surface area (Å²) in [5.74, 6) is 0.332. The van der Waals surface area contributed by atoms with E-state index >= 15 is 0 Å². The van der Waals surface area contributed by atoms with Crippen molar-refractivity contribution in [3.8, 4) is 5.88 Å². The molecule has 35 heavy (non-hydrogen) atoms. The molecule has 0 saturated carbocycles. The predicted molar refractivity (Wildman–Crippen MR) is 132 cm³/mol. The minimum absolute atomic E-state index is 0.00605. The van der Waals surface area contributed by atoms with Crippen LogP contribution >= 0.6 is 11.6 Å². The maximum atomic E-state index is 13.2. The summed E-state index contributed by atoms with van der Waals surface area (Å²) in [6, 6.07) is 6.80. The van der Waals surface area contributed by atoms with Gasteiger partial charge in [-0.25, -0.2) is 9.37 Å². The summed E-state index contributed by atoms with van der Waals surface area (Å²) in [5.41, 5.74) is 1.13. The third-order valence-corrected chi connectivity index (χ3v) is 6.22. The molecule has 2 saturated heterocycles. The van der Waals surface area contributed by atoms with Crippen LogP contribution in [0.3, 0.4) is 0 Å². The summed E-state index contributed by atoms with van der Waals surface area (Å²) in [7, 11) is 1.49. The zero-order valence-electron chi connectivity index (χ0n) is 19.4.